The zero-order valence-corrected chi connectivity index (χ0v) is 13.7. The van der Waals surface area contributed by atoms with Gasteiger partial charge in [-0.05, 0) is 35.2 Å². The van der Waals surface area contributed by atoms with E-state index in [2.05, 4.69) is 43.0 Å². The number of aliphatic hydroxyl groups is 1. The van der Waals surface area contributed by atoms with Crippen LogP contribution in [0.4, 0.5) is 11.8 Å². The summed E-state index contributed by atoms with van der Waals surface area (Å²) in [5.74, 6) is 1.48. The Morgan fingerprint density at radius 2 is 2.20 bits per heavy atom. The Morgan fingerprint density at radius 1 is 1.45 bits per heavy atom. The zero-order chi connectivity index (χ0) is 14.5. The fraction of sp³-hybridized carbons (Fsp3) is 0.714. The molecule has 2 rings (SSSR count). The van der Waals surface area contributed by atoms with Gasteiger partial charge in [0, 0.05) is 19.8 Å². The second-order valence-electron chi connectivity index (χ2n) is 5.32. The molecule has 0 radical (unpaired) electrons. The predicted molar refractivity (Wildman–Crippen MR) is 85.2 cm³/mol. The smallest absolute Gasteiger partial charge is 0.224 e. The van der Waals surface area contributed by atoms with E-state index in [1.165, 1.54) is 0 Å². The number of rotatable bonds is 5. The van der Waals surface area contributed by atoms with Crippen molar-refractivity contribution in [1.82, 2.24) is 9.97 Å². The van der Waals surface area contributed by atoms with E-state index in [4.69, 9.17) is 0 Å². The van der Waals surface area contributed by atoms with Crippen LogP contribution in [-0.4, -0.2) is 40.8 Å². The van der Waals surface area contributed by atoms with E-state index >= 15 is 0 Å². The van der Waals surface area contributed by atoms with Crippen LogP contribution >= 0.6 is 15.9 Å². The molecule has 0 saturated heterocycles. The van der Waals surface area contributed by atoms with Gasteiger partial charge in [-0.25, -0.2) is 4.98 Å². The lowest BCUT2D eigenvalue weighted by molar-refractivity contribution is 0.106. The highest BCUT2D eigenvalue weighted by atomic mass is 79.9. The topological polar surface area (TPSA) is 61.3 Å². The molecule has 0 amide bonds. The van der Waals surface area contributed by atoms with Crippen molar-refractivity contribution in [3.05, 3.63) is 10.7 Å². The molecule has 1 aliphatic carbocycles. The third kappa shape index (κ3) is 3.61. The maximum absolute atomic E-state index is 10.2. The molecule has 2 N–H and O–H groups in total. The molecule has 0 spiro atoms. The van der Waals surface area contributed by atoms with Crippen LogP contribution in [0.25, 0.3) is 0 Å². The van der Waals surface area contributed by atoms with Crippen LogP contribution in [-0.2, 0) is 0 Å². The molecule has 2 unspecified atom stereocenters. The van der Waals surface area contributed by atoms with Crippen molar-refractivity contribution < 1.29 is 5.11 Å². The van der Waals surface area contributed by atoms with Crippen molar-refractivity contribution in [1.29, 1.82) is 0 Å². The van der Waals surface area contributed by atoms with Crippen LogP contribution < -0.4 is 10.2 Å². The van der Waals surface area contributed by atoms with Crippen LogP contribution in [0, 0.1) is 0 Å². The summed E-state index contributed by atoms with van der Waals surface area (Å²) >= 11 is 3.51. The highest BCUT2D eigenvalue weighted by molar-refractivity contribution is 9.10. The fourth-order valence-electron chi connectivity index (χ4n) is 2.63. The van der Waals surface area contributed by atoms with Gasteiger partial charge in [0.25, 0.3) is 0 Å². The molecule has 1 heterocycles. The van der Waals surface area contributed by atoms with Gasteiger partial charge in [-0.15, -0.1) is 0 Å². The average Bonchev–Trinajstić information content (AvgIpc) is 2.46. The summed E-state index contributed by atoms with van der Waals surface area (Å²) in [6.07, 6.45) is 6.68. The molecule has 2 atom stereocenters. The van der Waals surface area contributed by atoms with Crippen molar-refractivity contribution in [3.8, 4) is 0 Å². The summed E-state index contributed by atoms with van der Waals surface area (Å²) in [5.41, 5.74) is 0. The Morgan fingerprint density at radius 3 is 2.90 bits per heavy atom. The van der Waals surface area contributed by atoms with Gasteiger partial charge in [0.2, 0.25) is 5.95 Å². The molecule has 0 aromatic carbocycles. The Kier molecular flexibility index (Phi) is 5.60. The number of halogens is 1. The first-order valence-corrected chi connectivity index (χ1v) is 8.10. The van der Waals surface area contributed by atoms with E-state index in [1.807, 2.05) is 7.05 Å². The van der Waals surface area contributed by atoms with Crippen LogP contribution in [0.5, 0.6) is 0 Å². The van der Waals surface area contributed by atoms with Gasteiger partial charge in [-0.3, -0.25) is 0 Å². The minimum absolute atomic E-state index is 0.133. The Balaban J connectivity index is 2.16. The summed E-state index contributed by atoms with van der Waals surface area (Å²) in [4.78, 5) is 10.9. The summed E-state index contributed by atoms with van der Waals surface area (Å²) in [7, 11) is 2.00. The van der Waals surface area contributed by atoms with E-state index < -0.39 is 0 Å². The number of hydrogen-bond donors (Lipinski definition) is 2. The lowest BCUT2D eigenvalue weighted by atomic mass is 9.91. The number of anilines is 2. The normalized spacial score (nSPS) is 22.6. The standard InChI is InChI=1S/C14H23BrN4O/c1-3-8-16-14-17-9-10(15)13(18-14)19(2)11-6-4-5-7-12(11)20/h9,11-12,20H,3-8H2,1-2H3,(H,16,17,18). The van der Waals surface area contributed by atoms with Gasteiger partial charge >= 0.3 is 0 Å². The summed E-state index contributed by atoms with van der Waals surface area (Å²) in [6.45, 7) is 2.97. The Hall–Kier alpha value is -0.880. The highest BCUT2D eigenvalue weighted by Gasteiger charge is 2.28. The molecule has 112 valence electrons. The highest BCUT2D eigenvalue weighted by Crippen LogP contribution is 2.30. The van der Waals surface area contributed by atoms with E-state index in [1.54, 1.807) is 6.20 Å². The number of nitrogens with zero attached hydrogens (tertiary/aromatic N) is 3. The van der Waals surface area contributed by atoms with E-state index in [-0.39, 0.29) is 12.1 Å². The third-order valence-corrected chi connectivity index (χ3v) is 4.34. The van der Waals surface area contributed by atoms with Crippen molar-refractivity contribution >= 4 is 27.7 Å². The van der Waals surface area contributed by atoms with Crippen molar-refractivity contribution in [2.75, 3.05) is 23.8 Å². The SMILES string of the molecule is CCCNc1ncc(Br)c(N(C)C2CCCCC2O)n1. The first-order chi connectivity index (χ1) is 9.63. The quantitative estimate of drug-likeness (QED) is 0.861. The molecule has 1 saturated carbocycles. The Labute approximate surface area is 128 Å². The van der Waals surface area contributed by atoms with Gasteiger partial charge in [0.15, 0.2) is 0 Å². The summed E-state index contributed by atoms with van der Waals surface area (Å²) in [6, 6.07) is 0.133. The first kappa shape index (κ1) is 15.5. The second kappa shape index (κ2) is 7.22. The molecule has 0 bridgehead atoms. The molecule has 1 aromatic heterocycles. The predicted octanol–water partition coefficient (Wildman–Crippen LogP) is 2.80. The van der Waals surface area contributed by atoms with Gasteiger partial charge in [-0.1, -0.05) is 19.8 Å². The minimum atomic E-state index is -0.275. The van der Waals surface area contributed by atoms with Gasteiger partial charge in [-0.2, -0.15) is 4.98 Å². The summed E-state index contributed by atoms with van der Waals surface area (Å²) < 4.78 is 0.861. The van der Waals surface area contributed by atoms with Gasteiger partial charge < -0.3 is 15.3 Å². The third-order valence-electron chi connectivity index (χ3n) is 3.78. The maximum Gasteiger partial charge on any atom is 0.224 e. The van der Waals surface area contributed by atoms with Crippen LogP contribution in [0.1, 0.15) is 39.0 Å². The number of aliphatic hydroxyl groups excluding tert-OH is 1. The molecule has 5 nitrogen and oxygen atoms in total. The number of hydrogen-bond acceptors (Lipinski definition) is 5. The van der Waals surface area contributed by atoms with Crippen molar-refractivity contribution in [3.63, 3.8) is 0 Å². The Bertz CT molecular complexity index is 443. The monoisotopic (exact) mass is 342 g/mol. The minimum Gasteiger partial charge on any atom is -0.391 e. The maximum atomic E-state index is 10.2. The van der Waals surface area contributed by atoms with Crippen LogP contribution in [0.15, 0.2) is 10.7 Å². The van der Waals surface area contributed by atoms with Crippen molar-refractivity contribution in [2.24, 2.45) is 0 Å². The molecule has 0 aliphatic heterocycles. The molecule has 1 aromatic rings. The number of likely N-dealkylation sites (N-methyl/N-ethyl adjacent to an activating group) is 1. The average molecular weight is 343 g/mol. The lowest BCUT2D eigenvalue weighted by Gasteiger charge is -2.36. The van der Waals surface area contributed by atoms with E-state index in [0.29, 0.717) is 5.95 Å². The molecular weight excluding hydrogens is 320 g/mol. The molecular formula is C14H23BrN4O. The lowest BCUT2D eigenvalue weighted by Crippen LogP contribution is -2.44. The van der Waals surface area contributed by atoms with Crippen LogP contribution in [0.2, 0.25) is 0 Å². The fourth-order valence-corrected chi connectivity index (χ4v) is 3.10. The summed E-state index contributed by atoms with van der Waals surface area (Å²) in [5, 5.41) is 13.4. The van der Waals surface area contributed by atoms with E-state index in [0.717, 1.165) is 48.9 Å². The molecule has 1 fully saturated rings. The van der Waals surface area contributed by atoms with Crippen molar-refractivity contribution in [2.45, 2.75) is 51.2 Å². The number of nitrogens with one attached hydrogen (secondary N) is 1. The zero-order valence-electron chi connectivity index (χ0n) is 12.1. The van der Waals surface area contributed by atoms with Gasteiger partial charge in [0.05, 0.1) is 16.6 Å². The second-order valence-corrected chi connectivity index (χ2v) is 6.18. The molecule has 1 aliphatic rings. The molecule has 20 heavy (non-hydrogen) atoms. The number of aromatic nitrogens is 2. The first-order valence-electron chi connectivity index (χ1n) is 7.30. The molecule has 6 heteroatoms. The largest absolute Gasteiger partial charge is 0.391 e. The van der Waals surface area contributed by atoms with Gasteiger partial charge in [0.1, 0.15) is 5.82 Å². The van der Waals surface area contributed by atoms with E-state index in [9.17, 15) is 5.11 Å². The van der Waals surface area contributed by atoms with Crippen LogP contribution in [0.3, 0.4) is 0 Å².